The Kier molecular flexibility index (Phi) is 7.58. The Bertz CT molecular complexity index is 1290. The van der Waals surface area contributed by atoms with Crippen LogP contribution in [0.5, 0.6) is 17.2 Å². The minimum absolute atomic E-state index is 0.140. The molecular formula is C28H23ClN2O3. The molecule has 0 spiro atoms. The largest absolute Gasteiger partial charge is 0.482 e. The van der Waals surface area contributed by atoms with Crippen molar-refractivity contribution in [2.75, 3.05) is 11.9 Å². The fraction of sp³-hybridized carbons (Fsp3) is 0.0714. The lowest BCUT2D eigenvalue weighted by atomic mass is 10.2. The van der Waals surface area contributed by atoms with Gasteiger partial charge in [-0.15, -0.1) is 0 Å². The van der Waals surface area contributed by atoms with Crippen molar-refractivity contribution in [3.8, 4) is 17.2 Å². The number of hydrogen-bond donors (Lipinski definition) is 1. The molecule has 34 heavy (non-hydrogen) atoms. The number of hydrogen-bond acceptors (Lipinski definition) is 4. The molecule has 0 aliphatic carbocycles. The molecule has 5 nitrogen and oxygen atoms in total. The highest BCUT2D eigenvalue weighted by molar-refractivity contribution is 6.32. The van der Waals surface area contributed by atoms with Crippen LogP contribution in [0.15, 0.2) is 102 Å². The Morgan fingerprint density at radius 1 is 0.912 bits per heavy atom. The van der Waals surface area contributed by atoms with Gasteiger partial charge < -0.3 is 14.8 Å². The molecule has 4 aromatic carbocycles. The number of rotatable bonds is 8. The number of nitrogens with zero attached hydrogens (tertiary/aromatic N) is 1. The first-order valence-corrected chi connectivity index (χ1v) is 11.1. The van der Waals surface area contributed by atoms with E-state index in [1.807, 2.05) is 91.9 Å². The van der Waals surface area contributed by atoms with Crippen molar-refractivity contribution in [3.05, 3.63) is 113 Å². The first kappa shape index (κ1) is 23.1. The number of aryl methyl sites for hydroxylation is 1. The molecule has 0 heterocycles. The van der Waals surface area contributed by atoms with E-state index >= 15 is 0 Å². The number of carbonyl (C=O) groups is 1. The van der Waals surface area contributed by atoms with E-state index in [0.29, 0.717) is 10.8 Å². The summed E-state index contributed by atoms with van der Waals surface area (Å²) in [7, 11) is 0. The van der Waals surface area contributed by atoms with Crippen molar-refractivity contribution in [2.45, 2.75) is 6.92 Å². The van der Waals surface area contributed by atoms with E-state index in [9.17, 15) is 4.79 Å². The predicted molar refractivity (Wildman–Crippen MR) is 137 cm³/mol. The topological polar surface area (TPSA) is 59.9 Å². The zero-order valence-corrected chi connectivity index (χ0v) is 19.3. The van der Waals surface area contributed by atoms with Gasteiger partial charge in [0.2, 0.25) is 0 Å². The van der Waals surface area contributed by atoms with Gasteiger partial charge in [0, 0.05) is 11.9 Å². The summed E-state index contributed by atoms with van der Waals surface area (Å²) in [6.45, 7) is 1.82. The van der Waals surface area contributed by atoms with Crippen LogP contribution in [0.2, 0.25) is 5.02 Å². The fourth-order valence-electron chi connectivity index (χ4n) is 3.15. The van der Waals surface area contributed by atoms with E-state index in [1.165, 1.54) is 0 Å². The summed E-state index contributed by atoms with van der Waals surface area (Å²) in [6.07, 6.45) is 1.72. The van der Waals surface area contributed by atoms with Gasteiger partial charge in [0.05, 0.1) is 10.7 Å². The van der Waals surface area contributed by atoms with Gasteiger partial charge in [-0.25, -0.2) is 0 Å². The number of nitrogens with one attached hydrogen (secondary N) is 1. The van der Waals surface area contributed by atoms with Crippen LogP contribution in [0.25, 0.3) is 0 Å². The highest BCUT2D eigenvalue weighted by Gasteiger charge is 2.07. The number of halogens is 1. The van der Waals surface area contributed by atoms with Crippen LogP contribution in [0.1, 0.15) is 11.1 Å². The molecule has 1 amide bonds. The lowest BCUT2D eigenvalue weighted by molar-refractivity contribution is -0.118. The third-order valence-corrected chi connectivity index (χ3v) is 5.09. The zero-order valence-electron chi connectivity index (χ0n) is 18.6. The second kappa shape index (κ2) is 11.2. The standard InChI is InChI=1S/C28H23ClN2O3/c1-20-6-5-7-23(16-20)31-28(32)19-33-27-15-10-21(17-26(27)29)18-30-22-11-13-25(14-12-22)34-24-8-3-2-4-9-24/h2-18H,19H2,1H3,(H,31,32). The van der Waals surface area contributed by atoms with E-state index in [0.717, 1.165) is 34.0 Å². The van der Waals surface area contributed by atoms with Crippen LogP contribution in [0.3, 0.4) is 0 Å². The SMILES string of the molecule is Cc1cccc(NC(=O)COc2ccc(C=Nc3ccc(Oc4ccccc4)cc3)cc2Cl)c1. The predicted octanol–water partition coefficient (Wildman–Crippen LogP) is 7.21. The van der Waals surface area contributed by atoms with Crippen molar-refractivity contribution < 1.29 is 14.3 Å². The van der Waals surface area contributed by atoms with Gasteiger partial charge in [-0.3, -0.25) is 9.79 Å². The molecule has 0 radical (unpaired) electrons. The smallest absolute Gasteiger partial charge is 0.262 e. The number of ether oxygens (including phenoxy) is 2. The molecule has 0 saturated carbocycles. The molecule has 170 valence electrons. The number of carbonyl (C=O) groups excluding carboxylic acids is 1. The summed E-state index contributed by atoms with van der Waals surface area (Å²) in [4.78, 5) is 16.6. The minimum Gasteiger partial charge on any atom is -0.482 e. The molecule has 4 rings (SSSR count). The van der Waals surface area contributed by atoms with Crippen molar-refractivity contribution in [3.63, 3.8) is 0 Å². The molecule has 0 aliphatic heterocycles. The average molecular weight is 471 g/mol. The van der Waals surface area contributed by atoms with E-state index in [4.69, 9.17) is 21.1 Å². The highest BCUT2D eigenvalue weighted by atomic mass is 35.5. The van der Waals surface area contributed by atoms with Crippen molar-refractivity contribution >= 4 is 35.1 Å². The fourth-order valence-corrected chi connectivity index (χ4v) is 3.40. The Balaban J connectivity index is 1.31. The Labute approximate surface area is 203 Å². The molecule has 1 N–H and O–H groups in total. The molecule has 0 aromatic heterocycles. The minimum atomic E-state index is -0.257. The summed E-state index contributed by atoms with van der Waals surface area (Å²) in [5.41, 5.74) is 3.39. The molecule has 0 unspecified atom stereocenters. The Morgan fingerprint density at radius 3 is 2.41 bits per heavy atom. The summed E-state index contributed by atoms with van der Waals surface area (Å²) < 4.78 is 11.4. The van der Waals surface area contributed by atoms with Crippen molar-refractivity contribution in [1.29, 1.82) is 0 Å². The number of amides is 1. The lowest BCUT2D eigenvalue weighted by Crippen LogP contribution is -2.20. The monoisotopic (exact) mass is 470 g/mol. The summed E-state index contributed by atoms with van der Waals surface area (Å²) in [5.74, 6) is 1.69. The van der Waals surface area contributed by atoms with Gasteiger partial charge in [0.25, 0.3) is 5.91 Å². The van der Waals surface area contributed by atoms with Crippen LogP contribution in [-0.2, 0) is 4.79 Å². The molecule has 6 heteroatoms. The Hall–Kier alpha value is -4.09. The summed E-state index contributed by atoms with van der Waals surface area (Å²) in [5, 5.41) is 3.20. The second-order valence-corrected chi connectivity index (χ2v) is 7.97. The first-order chi connectivity index (χ1) is 16.5. The van der Waals surface area contributed by atoms with E-state index < -0.39 is 0 Å². The molecule has 0 saturated heterocycles. The van der Waals surface area contributed by atoms with Gasteiger partial charge in [-0.05, 0) is 84.8 Å². The molecule has 0 aliphatic rings. The maximum absolute atomic E-state index is 12.2. The van der Waals surface area contributed by atoms with Gasteiger partial charge in [-0.2, -0.15) is 0 Å². The summed E-state index contributed by atoms with van der Waals surface area (Å²) >= 11 is 6.34. The quantitative estimate of drug-likeness (QED) is 0.277. The maximum atomic E-state index is 12.2. The second-order valence-electron chi connectivity index (χ2n) is 7.56. The molecule has 0 atom stereocenters. The third-order valence-electron chi connectivity index (χ3n) is 4.79. The molecule has 0 fully saturated rings. The highest BCUT2D eigenvalue weighted by Crippen LogP contribution is 2.26. The number of benzene rings is 4. The van der Waals surface area contributed by atoms with Crippen LogP contribution in [0, 0.1) is 6.92 Å². The van der Waals surface area contributed by atoms with Gasteiger partial charge in [-0.1, -0.05) is 41.9 Å². The van der Waals surface area contributed by atoms with Crippen LogP contribution < -0.4 is 14.8 Å². The van der Waals surface area contributed by atoms with Crippen LogP contribution in [-0.4, -0.2) is 18.7 Å². The number of anilines is 1. The average Bonchev–Trinajstić information content (AvgIpc) is 2.84. The van der Waals surface area contributed by atoms with Crippen molar-refractivity contribution in [1.82, 2.24) is 0 Å². The van der Waals surface area contributed by atoms with Crippen LogP contribution in [0.4, 0.5) is 11.4 Å². The van der Waals surface area contributed by atoms with Crippen molar-refractivity contribution in [2.24, 2.45) is 4.99 Å². The van der Waals surface area contributed by atoms with E-state index in [-0.39, 0.29) is 12.5 Å². The van der Waals surface area contributed by atoms with Gasteiger partial charge in [0.1, 0.15) is 17.2 Å². The van der Waals surface area contributed by atoms with Crippen LogP contribution >= 0.6 is 11.6 Å². The zero-order chi connectivity index (χ0) is 23.8. The molecule has 4 aromatic rings. The van der Waals surface area contributed by atoms with Gasteiger partial charge >= 0.3 is 0 Å². The van der Waals surface area contributed by atoms with E-state index in [2.05, 4.69) is 10.3 Å². The number of aliphatic imine (C=N–C) groups is 1. The first-order valence-electron chi connectivity index (χ1n) is 10.7. The molecular weight excluding hydrogens is 448 g/mol. The van der Waals surface area contributed by atoms with E-state index in [1.54, 1.807) is 18.3 Å². The normalized spacial score (nSPS) is 10.8. The lowest BCUT2D eigenvalue weighted by Gasteiger charge is -2.09. The third kappa shape index (κ3) is 6.70. The maximum Gasteiger partial charge on any atom is 0.262 e. The van der Waals surface area contributed by atoms with Gasteiger partial charge in [0.15, 0.2) is 6.61 Å². The Morgan fingerprint density at radius 2 is 1.68 bits per heavy atom. The summed E-state index contributed by atoms with van der Waals surface area (Å²) in [6, 6.07) is 29.9. The number of para-hydroxylation sites is 1. The molecule has 0 bridgehead atoms.